The van der Waals surface area contributed by atoms with E-state index in [-0.39, 0.29) is 5.91 Å². The van der Waals surface area contributed by atoms with Gasteiger partial charge in [-0.3, -0.25) is 9.89 Å². The Kier molecular flexibility index (Phi) is 3.28. The van der Waals surface area contributed by atoms with Gasteiger partial charge in [-0.15, -0.1) is 0 Å². The number of nitrogens with zero attached hydrogens (tertiary/aromatic N) is 1. The zero-order chi connectivity index (χ0) is 8.97. The highest BCUT2D eigenvalue weighted by Gasteiger charge is 2.07. The lowest BCUT2D eigenvalue weighted by Gasteiger charge is -1.97. The second-order valence-corrected chi connectivity index (χ2v) is 3.21. The van der Waals surface area contributed by atoms with Gasteiger partial charge in [0.15, 0.2) is 5.69 Å². The van der Waals surface area contributed by atoms with Crippen molar-refractivity contribution in [3.8, 4) is 0 Å². The Balaban J connectivity index is 2.53. The van der Waals surface area contributed by atoms with Crippen molar-refractivity contribution >= 4 is 21.8 Å². The molecule has 0 unspecified atom stereocenters. The molecule has 0 atom stereocenters. The third-order valence-corrected chi connectivity index (χ3v) is 1.72. The number of aromatic amines is 1. The minimum atomic E-state index is -0.140. The van der Waals surface area contributed by atoms with E-state index >= 15 is 0 Å². The number of nitrogens with one attached hydrogen (secondary N) is 2. The quantitative estimate of drug-likeness (QED) is 0.825. The summed E-state index contributed by atoms with van der Waals surface area (Å²) in [5.41, 5.74) is 0.412. The molecule has 1 rings (SSSR count). The van der Waals surface area contributed by atoms with Crippen LogP contribution in [-0.2, 0) is 0 Å². The Morgan fingerprint density at radius 2 is 2.58 bits per heavy atom. The van der Waals surface area contributed by atoms with Crippen LogP contribution >= 0.6 is 15.9 Å². The number of halogens is 1. The molecule has 0 radical (unpaired) electrons. The van der Waals surface area contributed by atoms with Gasteiger partial charge in [0.05, 0.1) is 0 Å². The molecule has 0 bridgehead atoms. The monoisotopic (exact) mass is 231 g/mol. The molecule has 12 heavy (non-hydrogen) atoms. The summed E-state index contributed by atoms with van der Waals surface area (Å²) in [5, 5.41) is 9.14. The summed E-state index contributed by atoms with van der Waals surface area (Å²) in [5.74, 6) is -0.140. The van der Waals surface area contributed by atoms with E-state index in [1.807, 2.05) is 6.92 Å². The molecule has 1 aromatic heterocycles. The molecule has 0 aliphatic rings. The zero-order valence-corrected chi connectivity index (χ0v) is 8.31. The first-order valence-corrected chi connectivity index (χ1v) is 4.52. The van der Waals surface area contributed by atoms with Crippen molar-refractivity contribution in [3.05, 3.63) is 16.4 Å². The highest BCUT2D eigenvalue weighted by Crippen LogP contribution is 2.05. The maximum atomic E-state index is 11.2. The van der Waals surface area contributed by atoms with E-state index in [1.165, 1.54) is 0 Å². The molecule has 1 aromatic rings. The Morgan fingerprint density at radius 1 is 1.83 bits per heavy atom. The van der Waals surface area contributed by atoms with Gasteiger partial charge in [0.25, 0.3) is 5.91 Å². The maximum absolute atomic E-state index is 11.2. The molecular formula is C7H10BrN3O. The lowest BCUT2D eigenvalue weighted by molar-refractivity contribution is 0.0948. The van der Waals surface area contributed by atoms with Gasteiger partial charge in [0.2, 0.25) is 0 Å². The third kappa shape index (κ3) is 2.34. The maximum Gasteiger partial charge on any atom is 0.271 e. The third-order valence-electron chi connectivity index (χ3n) is 1.31. The van der Waals surface area contributed by atoms with Crippen LogP contribution in [0.15, 0.2) is 10.7 Å². The largest absolute Gasteiger partial charge is 0.351 e. The number of aromatic nitrogens is 2. The molecule has 5 heteroatoms. The zero-order valence-electron chi connectivity index (χ0n) is 6.72. The molecule has 0 aromatic carbocycles. The van der Waals surface area contributed by atoms with Crippen LogP contribution < -0.4 is 5.32 Å². The predicted octanol–water partition coefficient (Wildman–Crippen LogP) is 1.31. The van der Waals surface area contributed by atoms with Gasteiger partial charge in [0.1, 0.15) is 4.60 Å². The second-order valence-electron chi connectivity index (χ2n) is 2.36. The molecule has 0 aliphatic carbocycles. The van der Waals surface area contributed by atoms with Crippen LogP contribution in [-0.4, -0.2) is 22.6 Å². The first-order valence-electron chi connectivity index (χ1n) is 3.73. The van der Waals surface area contributed by atoms with E-state index in [4.69, 9.17) is 0 Å². The SMILES string of the molecule is CCCNC(=O)c1cc(Br)[nH]n1. The molecule has 0 saturated heterocycles. The molecule has 2 N–H and O–H groups in total. The van der Waals surface area contributed by atoms with E-state index in [0.29, 0.717) is 16.8 Å². The fourth-order valence-electron chi connectivity index (χ4n) is 0.744. The molecule has 66 valence electrons. The van der Waals surface area contributed by atoms with Crippen LogP contribution in [0.4, 0.5) is 0 Å². The summed E-state index contributed by atoms with van der Waals surface area (Å²) >= 11 is 3.17. The Morgan fingerprint density at radius 3 is 3.08 bits per heavy atom. The summed E-state index contributed by atoms with van der Waals surface area (Å²) in [6.07, 6.45) is 0.928. The van der Waals surface area contributed by atoms with E-state index in [2.05, 4.69) is 31.4 Å². The van der Waals surface area contributed by atoms with Crippen molar-refractivity contribution in [2.24, 2.45) is 0 Å². The normalized spacial score (nSPS) is 9.83. The topological polar surface area (TPSA) is 57.8 Å². The molecule has 4 nitrogen and oxygen atoms in total. The van der Waals surface area contributed by atoms with Gasteiger partial charge in [-0.25, -0.2) is 0 Å². The summed E-state index contributed by atoms with van der Waals surface area (Å²) in [6, 6.07) is 1.64. The number of rotatable bonds is 3. The van der Waals surface area contributed by atoms with Crippen LogP contribution in [0.25, 0.3) is 0 Å². The fraction of sp³-hybridized carbons (Fsp3) is 0.429. The lowest BCUT2D eigenvalue weighted by atomic mass is 10.4. The van der Waals surface area contributed by atoms with Crippen molar-refractivity contribution < 1.29 is 4.79 Å². The predicted molar refractivity (Wildman–Crippen MR) is 48.9 cm³/mol. The highest BCUT2D eigenvalue weighted by molar-refractivity contribution is 9.10. The molecule has 0 saturated carbocycles. The second kappa shape index (κ2) is 4.25. The van der Waals surface area contributed by atoms with Gasteiger partial charge in [-0.1, -0.05) is 6.92 Å². The van der Waals surface area contributed by atoms with Crippen molar-refractivity contribution in [2.75, 3.05) is 6.54 Å². The Bertz CT molecular complexity index is 271. The number of carbonyl (C=O) groups excluding carboxylic acids is 1. The summed E-state index contributed by atoms with van der Waals surface area (Å²) in [7, 11) is 0. The lowest BCUT2D eigenvalue weighted by Crippen LogP contribution is -2.24. The molecule has 0 fully saturated rings. The summed E-state index contributed by atoms with van der Waals surface area (Å²) in [4.78, 5) is 11.2. The number of amides is 1. The van der Waals surface area contributed by atoms with E-state index < -0.39 is 0 Å². The molecule has 0 spiro atoms. The Labute approximate surface area is 78.9 Å². The van der Waals surface area contributed by atoms with Crippen LogP contribution in [0.2, 0.25) is 0 Å². The Hall–Kier alpha value is -0.840. The molecule has 1 heterocycles. The minimum Gasteiger partial charge on any atom is -0.351 e. The number of hydrogen-bond acceptors (Lipinski definition) is 2. The number of hydrogen-bond donors (Lipinski definition) is 2. The first kappa shape index (κ1) is 9.25. The smallest absolute Gasteiger partial charge is 0.271 e. The fourth-order valence-corrected chi connectivity index (χ4v) is 1.05. The average Bonchev–Trinajstić information content (AvgIpc) is 2.47. The van der Waals surface area contributed by atoms with E-state index in [1.54, 1.807) is 6.07 Å². The average molecular weight is 232 g/mol. The van der Waals surface area contributed by atoms with Crippen LogP contribution in [0, 0.1) is 0 Å². The van der Waals surface area contributed by atoms with Gasteiger partial charge in [-0.2, -0.15) is 5.10 Å². The summed E-state index contributed by atoms with van der Waals surface area (Å²) < 4.78 is 0.712. The van der Waals surface area contributed by atoms with Crippen molar-refractivity contribution in [3.63, 3.8) is 0 Å². The van der Waals surface area contributed by atoms with Gasteiger partial charge >= 0.3 is 0 Å². The standard InChI is InChI=1S/C7H10BrN3O/c1-2-3-9-7(12)5-4-6(8)11-10-5/h4H,2-3H2,1H3,(H,9,12)(H,10,11). The van der Waals surface area contributed by atoms with Crippen LogP contribution in [0.5, 0.6) is 0 Å². The van der Waals surface area contributed by atoms with Crippen LogP contribution in [0.3, 0.4) is 0 Å². The van der Waals surface area contributed by atoms with E-state index in [0.717, 1.165) is 6.42 Å². The first-order chi connectivity index (χ1) is 5.74. The summed E-state index contributed by atoms with van der Waals surface area (Å²) in [6.45, 7) is 2.68. The van der Waals surface area contributed by atoms with Gasteiger partial charge in [0, 0.05) is 12.6 Å². The van der Waals surface area contributed by atoms with Gasteiger partial charge in [-0.05, 0) is 22.4 Å². The molecule has 0 aliphatic heterocycles. The van der Waals surface area contributed by atoms with Crippen molar-refractivity contribution in [1.82, 2.24) is 15.5 Å². The number of carbonyl (C=O) groups is 1. The van der Waals surface area contributed by atoms with Gasteiger partial charge < -0.3 is 5.32 Å². The van der Waals surface area contributed by atoms with Crippen molar-refractivity contribution in [1.29, 1.82) is 0 Å². The molecular weight excluding hydrogens is 222 g/mol. The number of H-pyrrole nitrogens is 1. The van der Waals surface area contributed by atoms with Crippen molar-refractivity contribution in [2.45, 2.75) is 13.3 Å². The van der Waals surface area contributed by atoms with E-state index in [9.17, 15) is 4.79 Å². The minimum absolute atomic E-state index is 0.140. The molecule has 1 amide bonds. The van der Waals surface area contributed by atoms with Crippen LogP contribution in [0.1, 0.15) is 23.8 Å². The highest BCUT2D eigenvalue weighted by atomic mass is 79.9.